The number of benzene rings is 2. The fourth-order valence-corrected chi connectivity index (χ4v) is 3.63. The van der Waals surface area contributed by atoms with Crippen molar-refractivity contribution in [3.8, 4) is 5.75 Å². The Hall–Kier alpha value is -1.84. The maximum Gasteiger partial charge on any atom is 0.115 e. The first kappa shape index (κ1) is 17.0. The molecule has 1 unspecified atom stereocenters. The molecule has 128 valence electrons. The number of hydrogen-bond acceptors (Lipinski definition) is 3. The van der Waals surface area contributed by atoms with Gasteiger partial charge in [-0.3, -0.25) is 4.90 Å². The van der Waals surface area contributed by atoms with Gasteiger partial charge in [-0.1, -0.05) is 36.4 Å². The van der Waals surface area contributed by atoms with E-state index >= 15 is 0 Å². The first-order valence-electron chi connectivity index (χ1n) is 8.93. The van der Waals surface area contributed by atoms with Gasteiger partial charge in [0.25, 0.3) is 0 Å². The minimum atomic E-state index is -0.489. The van der Waals surface area contributed by atoms with E-state index in [-0.39, 0.29) is 11.8 Å². The highest BCUT2D eigenvalue weighted by Gasteiger charge is 2.28. The predicted octanol–water partition coefficient (Wildman–Crippen LogP) is 3.70. The Morgan fingerprint density at radius 3 is 2.67 bits per heavy atom. The molecule has 0 aromatic heterocycles. The van der Waals surface area contributed by atoms with Gasteiger partial charge < -0.3 is 10.2 Å². The molecule has 3 nitrogen and oxygen atoms in total. The van der Waals surface area contributed by atoms with Gasteiger partial charge in [0.05, 0.1) is 6.10 Å². The molecule has 2 N–H and O–H groups in total. The van der Waals surface area contributed by atoms with Crippen LogP contribution in [0, 0.1) is 0 Å². The number of aromatic hydroxyl groups is 1. The number of aryl methyl sites for hydroxylation is 1. The number of aliphatic hydroxyl groups is 1. The summed E-state index contributed by atoms with van der Waals surface area (Å²) in [6.07, 6.45) is 3.80. The molecule has 0 radical (unpaired) electrons. The number of aliphatic hydroxyl groups excluding tert-OH is 1. The summed E-state index contributed by atoms with van der Waals surface area (Å²) in [5.41, 5.74) is 3.43. The molecule has 3 rings (SSSR count). The lowest BCUT2D eigenvalue weighted by molar-refractivity contribution is 0.0635. The van der Waals surface area contributed by atoms with Gasteiger partial charge >= 0.3 is 0 Å². The smallest absolute Gasteiger partial charge is 0.115 e. The Morgan fingerprint density at radius 2 is 1.88 bits per heavy atom. The van der Waals surface area contributed by atoms with Crippen LogP contribution in [0.15, 0.2) is 48.5 Å². The molecular formula is C21H27NO2. The second-order valence-corrected chi connectivity index (χ2v) is 6.80. The molecule has 0 bridgehead atoms. The molecule has 0 spiro atoms. The van der Waals surface area contributed by atoms with Gasteiger partial charge in [0.1, 0.15) is 5.75 Å². The van der Waals surface area contributed by atoms with Gasteiger partial charge in [-0.15, -0.1) is 0 Å². The quantitative estimate of drug-likeness (QED) is 0.824. The average Bonchev–Trinajstić information content (AvgIpc) is 2.71. The highest BCUT2D eigenvalue weighted by atomic mass is 16.3. The molecule has 0 amide bonds. The molecule has 2 aromatic rings. The lowest BCUT2D eigenvalue weighted by Crippen LogP contribution is -2.37. The summed E-state index contributed by atoms with van der Waals surface area (Å²) in [5, 5.41) is 20.4. The lowest BCUT2D eigenvalue weighted by atomic mass is 9.98. The Morgan fingerprint density at radius 1 is 1.08 bits per heavy atom. The second kappa shape index (κ2) is 7.82. The Kier molecular flexibility index (Phi) is 5.54. The Labute approximate surface area is 144 Å². The standard InChI is InChI=1S/C21H27NO2/c1-16-21(24)20-11-10-19(23)15-18(20)12-14-22(16)13-6-5-9-17-7-3-2-4-8-17/h2-4,7-8,10-11,15-16,21,23-24H,5-6,9,12-14H2,1H3/t16?,21-/m1/s1. The minimum absolute atomic E-state index is 0.104. The number of fused-ring (bicyclic) bond motifs is 1. The third-order valence-corrected chi connectivity index (χ3v) is 5.15. The van der Waals surface area contributed by atoms with Crippen molar-refractivity contribution in [3.63, 3.8) is 0 Å². The van der Waals surface area contributed by atoms with Crippen LogP contribution in [-0.2, 0) is 12.8 Å². The number of phenolic OH excluding ortho intramolecular Hbond substituents is 1. The van der Waals surface area contributed by atoms with Crippen LogP contribution >= 0.6 is 0 Å². The third-order valence-electron chi connectivity index (χ3n) is 5.15. The first-order chi connectivity index (χ1) is 11.6. The zero-order valence-corrected chi connectivity index (χ0v) is 14.4. The van der Waals surface area contributed by atoms with Gasteiger partial charge in [0, 0.05) is 12.6 Å². The fourth-order valence-electron chi connectivity index (χ4n) is 3.63. The fraction of sp³-hybridized carbons (Fsp3) is 0.429. The van der Waals surface area contributed by atoms with E-state index in [2.05, 4.69) is 42.2 Å². The summed E-state index contributed by atoms with van der Waals surface area (Å²) in [4.78, 5) is 2.38. The van der Waals surface area contributed by atoms with Crippen LogP contribution in [-0.4, -0.2) is 34.2 Å². The highest BCUT2D eigenvalue weighted by molar-refractivity contribution is 5.37. The number of phenols is 1. The van der Waals surface area contributed by atoms with E-state index in [1.807, 2.05) is 6.07 Å². The van der Waals surface area contributed by atoms with Crippen molar-refractivity contribution in [1.82, 2.24) is 4.90 Å². The summed E-state index contributed by atoms with van der Waals surface area (Å²) in [5.74, 6) is 0.282. The molecule has 24 heavy (non-hydrogen) atoms. The number of unbranched alkanes of at least 4 members (excludes halogenated alkanes) is 1. The monoisotopic (exact) mass is 325 g/mol. The molecule has 2 aromatic carbocycles. The van der Waals surface area contributed by atoms with E-state index < -0.39 is 6.10 Å². The molecular weight excluding hydrogens is 298 g/mol. The van der Waals surface area contributed by atoms with E-state index in [4.69, 9.17) is 0 Å². The van der Waals surface area contributed by atoms with Gasteiger partial charge in [0.15, 0.2) is 0 Å². The van der Waals surface area contributed by atoms with Gasteiger partial charge in [-0.2, -0.15) is 0 Å². The van der Waals surface area contributed by atoms with Crippen LogP contribution in [0.25, 0.3) is 0 Å². The van der Waals surface area contributed by atoms with Crippen LogP contribution < -0.4 is 0 Å². The summed E-state index contributed by atoms with van der Waals surface area (Å²) >= 11 is 0. The maximum absolute atomic E-state index is 10.7. The molecule has 0 fully saturated rings. The van der Waals surface area contributed by atoms with Gasteiger partial charge in [0.2, 0.25) is 0 Å². The van der Waals surface area contributed by atoms with Crippen molar-refractivity contribution >= 4 is 0 Å². The van der Waals surface area contributed by atoms with Crippen LogP contribution in [0.4, 0.5) is 0 Å². The summed E-state index contributed by atoms with van der Waals surface area (Å²) in [6.45, 7) is 4.04. The molecule has 2 atom stereocenters. The van der Waals surface area contributed by atoms with E-state index in [0.29, 0.717) is 0 Å². The topological polar surface area (TPSA) is 43.7 Å². The Balaban J connectivity index is 1.55. The second-order valence-electron chi connectivity index (χ2n) is 6.80. The van der Waals surface area contributed by atoms with Crippen LogP contribution in [0.1, 0.15) is 42.6 Å². The van der Waals surface area contributed by atoms with Gasteiger partial charge in [-0.25, -0.2) is 0 Å². The van der Waals surface area contributed by atoms with Crippen molar-refractivity contribution < 1.29 is 10.2 Å². The summed E-state index contributed by atoms with van der Waals surface area (Å²) < 4.78 is 0. The molecule has 1 aliphatic heterocycles. The van der Waals surface area contributed by atoms with Crippen LogP contribution in [0.3, 0.4) is 0 Å². The third kappa shape index (κ3) is 3.97. The van der Waals surface area contributed by atoms with E-state index in [1.165, 1.54) is 5.56 Å². The zero-order chi connectivity index (χ0) is 16.9. The predicted molar refractivity (Wildman–Crippen MR) is 97.2 cm³/mol. The SMILES string of the molecule is CC1[C@@H](O)c2ccc(O)cc2CCN1CCCCc1ccccc1. The molecule has 3 heteroatoms. The highest BCUT2D eigenvalue weighted by Crippen LogP contribution is 2.30. The maximum atomic E-state index is 10.7. The summed E-state index contributed by atoms with van der Waals surface area (Å²) in [7, 11) is 0. The number of nitrogens with zero attached hydrogens (tertiary/aromatic N) is 1. The lowest BCUT2D eigenvalue weighted by Gasteiger charge is -2.30. The number of rotatable bonds is 5. The van der Waals surface area contributed by atoms with Crippen molar-refractivity contribution in [2.24, 2.45) is 0 Å². The average molecular weight is 325 g/mol. The molecule has 0 aliphatic carbocycles. The molecule has 0 saturated heterocycles. The molecule has 1 aliphatic rings. The zero-order valence-electron chi connectivity index (χ0n) is 14.4. The minimum Gasteiger partial charge on any atom is -0.508 e. The molecule has 0 saturated carbocycles. The first-order valence-corrected chi connectivity index (χ1v) is 8.93. The van der Waals surface area contributed by atoms with Crippen molar-refractivity contribution in [3.05, 3.63) is 65.2 Å². The molecule has 1 heterocycles. The van der Waals surface area contributed by atoms with Crippen molar-refractivity contribution in [2.45, 2.75) is 44.8 Å². The van der Waals surface area contributed by atoms with Crippen molar-refractivity contribution in [1.29, 1.82) is 0 Å². The van der Waals surface area contributed by atoms with E-state index in [9.17, 15) is 10.2 Å². The van der Waals surface area contributed by atoms with E-state index in [1.54, 1.807) is 12.1 Å². The summed E-state index contributed by atoms with van der Waals surface area (Å²) in [6, 6.07) is 16.0. The Bertz CT molecular complexity index is 656. The van der Waals surface area contributed by atoms with Crippen LogP contribution in [0.5, 0.6) is 5.75 Å². The van der Waals surface area contributed by atoms with Gasteiger partial charge in [-0.05, 0) is 68.0 Å². The normalized spacial score (nSPS) is 21.2. The van der Waals surface area contributed by atoms with E-state index in [0.717, 1.165) is 49.9 Å². The number of hydrogen-bond donors (Lipinski definition) is 2. The van der Waals surface area contributed by atoms with Crippen LogP contribution in [0.2, 0.25) is 0 Å². The van der Waals surface area contributed by atoms with Crippen molar-refractivity contribution in [2.75, 3.05) is 13.1 Å². The largest absolute Gasteiger partial charge is 0.508 e.